The van der Waals surface area contributed by atoms with E-state index in [1.807, 2.05) is 50.2 Å². The number of esters is 1. The molecule has 0 fully saturated rings. The van der Waals surface area contributed by atoms with Gasteiger partial charge in [0.15, 0.2) is 13.2 Å². The minimum atomic E-state index is -0.703. The summed E-state index contributed by atoms with van der Waals surface area (Å²) in [6.45, 7) is 3.43. The van der Waals surface area contributed by atoms with E-state index in [1.54, 1.807) is 6.07 Å². The molecular formula is C19H22N2O5. The van der Waals surface area contributed by atoms with Crippen LogP contribution in [0.3, 0.4) is 0 Å². The predicted octanol–water partition coefficient (Wildman–Crippen LogP) is 2.24. The molecule has 0 spiro atoms. The fraction of sp³-hybridized carbons (Fsp3) is 0.316. The number of ether oxygens (including phenoxy) is 2. The molecule has 0 saturated carbocycles. The maximum atomic E-state index is 11.7. The Morgan fingerprint density at radius 3 is 2.46 bits per heavy atom. The Morgan fingerprint density at radius 2 is 1.73 bits per heavy atom. The molecule has 3 amide bonds. The highest BCUT2D eigenvalue weighted by Gasteiger charge is 2.11. The van der Waals surface area contributed by atoms with Crippen molar-refractivity contribution in [1.82, 2.24) is 10.6 Å². The quantitative estimate of drug-likeness (QED) is 0.741. The first-order chi connectivity index (χ1) is 12.4. The van der Waals surface area contributed by atoms with Gasteiger partial charge in [-0.3, -0.25) is 10.1 Å². The van der Waals surface area contributed by atoms with E-state index < -0.39 is 24.5 Å². The van der Waals surface area contributed by atoms with Gasteiger partial charge in [0.2, 0.25) is 0 Å². The van der Waals surface area contributed by atoms with E-state index in [0.29, 0.717) is 12.3 Å². The Bertz CT molecular complexity index is 788. The van der Waals surface area contributed by atoms with Crippen LogP contribution in [0.2, 0.25) is 0 Å². The van der Waals surface area contributed by atoms with Gasteiger partial charge in [0.05, 0.1) is 0 Å². The summed E-state index contributed by atoms with van der Waals surface area (Å²) < 4.78 is 10.2. The zero-order chi connectivity index (χ0) is 18.9. The fourth-order valence-electron chi connectivity index (χ4n) is 2.09. The van der Waals surface area contributed by atoms with Crippen LogP contribution < -0.4 is 15.4 Å². The first-order valence-corrected chi connectivity index (χ1v) is 8.29. The van der Waals surface area contributed by atoms with Gasteiger partial charge in [0, 0.05) is 6.54 Å². The van der Waals surface area contributed by atoms with Crippen molar-refractivity contribution in [2.24, 2.45) is 5.92 Å². The third-order valence-electron chi connectivity index (χ3n) is 3.37. The molecule has 2 aromatic carbocycles. The van der Waals surface area contributed by atoms with Gasteiger partial charge >= 0.3 is 12.0 Å². The Hall–Kier alpha value is -3.09. The van der Waals surface area contributed by atoms with Crippen molar-refractivity contribution in [1.29, 1.82) is 0 Å². The van der Waals surface area contributed by atoms with Gasteiger partial charge in [-0.05, 0) is 28.8 Å². The average Bonchev–Trinajstić information content (AvgIpc) is 2.62. The number of rotatable bonds is 7. The topological polar surface area (TPSA) is 93.7 Å². The summed E-state index contributed by atoms with van der Waals surface area (Å²) in [6.07, 6.45) is 0. The van der Waals surface area contributed by atoms with Gasteiger partial charge in [0.25, 0.3) is 5.91 Å². The molecule has 7 heteroatoms. The molecule has 0 unspecified atom stereocenters. The van der Waals surface area contributed by atoms with E-state index in [0.717, 1.165) is 10.8 Å². The zero-order valence-electron chi connectivity index (χ0n) is 14.8. The lowest BCUT2D eigenvalue weighted by atomic mass is 10.1. The Kier molecular flexibility index (Phi) is 6.96. The SMILES string of the molecule is CC(C)CNC(=O)NC(=O)COC(=O)COc1ccc2ccccc2c1. The molecule has 0 radical (unpaired) electrons. The van der Waals surface area contributed by atoms with Crippen molar-refractivity contribution >= 4 is 28.7 Å². The van der Waals surface area contributed by atoms with Gasteiger partial charge in [-0.15, -0.1) is 0 Å². The van der Waals surface area contributed by atoms with E-state index in [-0.39, 0.29) is 12.5 Å². The van der Waals surface area contributed by atoms with Crippen LogP contribution in [-0.4, -0.2) is 37.7 Å². The maximum absolute atomic E-state index is 11.7. The molecule has 0 aliphatic rings. The second kappa shape index (κ2) is 9.41. The Balaban J connectivity index is 1.71. The van der Waals surface area contributed by atoms with Gasteiger partial charge in [0.1, 0.15) is 5.75 Å². The van der Waals surface area contributed by atoms with Crippen molar-refractivity contribution in [3.63, 3.8) is 0 Å². The second-order valence-electron chi connectivity index (χ2n) is 6.11. The van der Waals surface area contributed by atoms with Crippen LogP contribution in [0, 0.1) is 5.92 Å². The first kappa shape index (κ1) is 19.2. The summed E-state index contributed by atoms with van der Waals surface area (Å²) in [5.41, 5.74) is 0. The molecule has 2 N–H and O–H groups in total. The van der Waals surface area contributed by atoms with Crippen LogP contribution >= 0.6 is 0 Å². The summed E-state index contributed by atoms with van der Waals surface area (Å²) >= 11 is 0. The predicted molar refractivity (Wildman–Crippen MR) is 96.8 cm³/mol. The lowest BCUT2D eigenvalue weighted by Gasteiger charge is -2.09. The molecule has 0 saturated heterocycles. The summed E-state index contributed by atoms with van der Waals surface area (Å²) in [5, 5.41) is 6.66. The number of imide groups is 1. The molecule has 0 heterocycles. The number of carbonyl (C=O) groups excluding carboxylic acids is 3. The van der Waals surface area contributed by atoms with Crippen molar-refractivity contribution in [2.75, 3.05) is 19.8 Å². The van der Waals surface area contributed by atoms with Crippen molar-refractivity contribution in [3.05, 3.63) is 42.5 Å². The standard InChI is InChI=1S/C19H22N2O5/c1-13(2)10-20-19(24)21-17(22)11-26-18(23)12-25-16-8-7-14-5-3-4-6-15(14)9-16/h3-9,13H,10-12H2,1-2H3,(H2,20,21,22,24). The molecule has 138 valence electrons. The zero-order valence-corrected chi connectivity index (χ0v) is 14.8. The monoisotopic (exact) mass is 358 g/mol. The number of fused-ring (bicyclic) bond motifs is 1. The maximum Gasteiger partial charge on any atom is 0.344 e. The van der Waals surface area contributed by atoms with Gasteiger partial charge < -0.3 is 14.8 Å². The van der Waals surface area contributed by atoms with E-state index in [1.165, 1.54) is 0 Å². The molecule has 0 aromatic heterocycles. The van der Waals surface area contributed by atoms with Crippen LogP contribution in [0.1, 0.15) is 13.8 Å². The van der Waals surface area contributed by atoms with Gasteiger partial charge in [-0.25, -0.2) is 9.59 Å². The Labute approximate surface area is 151 Å². The minimum Gasteiger partial charge on any atom is -0.482 e. The largest absolute Gasteiger partial charge is 0.482 e. The smallest absolute Gasteiger partial charge is 0.344 e. The lowest BCUT2D eigenvalue weighted by Crippen LogP contribution is -2.42. The summed E-state index contributed by atoms with van der Waals surface area (Å²) in [7, 11) is 0. The molecule has 2 rings (SSSR count). The number of benzene rings is 2. The highest BCUT2D eigenvalue weighted by Crippen LogP contribution is 2.20. The van der Waals surface area contributed by atoms with Crippen LogP contribution in [0.4, 0.5) is 4.79 Å². The summed E-state index contributed by atoms with van der Waals surface area (Å²) in [6, 6.07) is 12.6. The molecule has 26 heavy (non-hydrogen) atoms. The van der Waals surface area contributed by atoms with Gasteiger partial charge in [-0.2, -0.15) is 0 Å². The Morgan fingerprint density at radius 1 is 1.00 bits per heavy atom. The molecule has 0 atom stereocenters. The van der Waals surface area contributed by atoms with E-state index in [2.05, 4.69) is 10.6 Å². The highest BCUT2D eigenvalue weighted by atomic mass is 16.6. The van der Waals surface area contributed by atoms with Crippen LogP contribution in [0.15, 0.2) is 42.5 Å². The lowest BCUT2D eigenvalue weighted by molar-refractivity contribution is -0.150. The van der Waals surface area contributed by atoms with Crippen molar-refractivity contribution < 1.29 is 23.9 Å². The van der Waals surface area contributed by atoms with Gasteiger partial charge in [-0.1, -0.05) is 44.2 Å². The number of amides is 3. The third-order valence-corrected chi connectivity index (χ3v) is 3.37. The number of hydrogen-bond acceptors (Lipinski definition) is 5. The first-order valence-electron chi connectivity index (χ1n) is 8.29. The van der Waals surface area contributed by atoms with Crippen molar-refractivity contribution in [3.8, 4) is 5.75 Å². The molecule has 2 aromatic rings. The van der Waals surface area contributed by atoms with Crippen LogP contribution in [0.25, 0.3) is 10.8 Å². The van der Waals surface area contributed by atoms with E-state index in [4.69, 9.17) is 9.47 Å². The molecule has 0 aliphatic carbocycles. The molecule has 0 bridgehead atoms. The van der Waals surface area contributed by atoms with Crippen LogP contribution in [-0.2, 0) is 14.3 Å². The van der Waals surface area contributed by atoms with Crippen molar-refractivity contribution in [2.45, 2.75) is 13.8 Å². The average molecular weight is 358 g/mol. The number of urea groups is 1. The highest BCUT2D eigenvalue weighted by molar-refractivity contribution is 5.95. The summed E-state index contributed by atoms with van der Waals surface area (Å²) in [4.78, 5) is 34.6. The molecule has 7 nitrogen and oxygen atoms in total. The molecular weight excluding hydrogens is 336 g/mol. The third kappa shape index (κ3) is 6.43. The summed E-state index contributed by atoms with van der Waals surface area (Å²) in [5.74, 6) is -0.611. The normalized spacial score (nSPS) is 10.4. The molecule has 0 aliphatic heterocycles. The number of nitrogens with one attached hydrogen (secondary N) is 2. The van der Waals surface area contributed by atoms with E-state index >= 15 is 0 Å². The number of hydrogen-bond donors (Lipinski definition) is 2. The minimum absolute atomic E-state index is 0.265. The number of carbonyl (C=O) groups is 3. The van der Waals surface area contributed by atoms with E-state index in [9.17, 15) is 14.4 Å². The fourth-order valence-corrected chi connectivity index (χ4v) is 2.09. The second-order valence-corrected chi connectivity index (χ2v) is 6.11. The van der Waals surface area contributed by atoms with Crippen LogP contribution in [0.5, 0.6) is 5.75 Å².